The van der Waals surface area contributed by atoms with Crippen molar-refractivity contribution in [3.8, 4) is 0 Å². The highest BCUT2D eigenvalue weighted by molar-refractivity contribution is 7.99. The van der Waals surface area contributed by atoms with Gasteiger partial charge in [-0.25, -0.2) is 4.98 Å². The largest absolute Gasteiger partial charge is 0.384 e. The molecule has 0 radical (unpaired) electrons. The zero-order valence-electron chi connectivity index (χ0n) is 10.5. The number of amides is 1. The Morgan fingerprint density at radius 3 is 2.88 bits per heavy atom. The Bertz CT molecular complexity index is 375. The third-order valence-electron chi connectivity index (χ3n) is 2.18. The first-order valence-electron chi connectivity index (χ1n) is 5.65. The molecule has 4 nitrogen and oxygen atoms in total. The molecule has 5 heteroatoms. The number of carbonyl (C=O) groups is 1. The minimum Gasteiger partial charge on any atom is -0.384 e. The van der Waals surface area contributed by atoms with E-state index in [9.17, 15) is 4.79 Å². The number of anilines is 1. The SMILES string of the molecule is CCSCC(C)NC(=O)c1cc(C)nc(N)c1. The lowest BCUT2D eigenvalue weighted by Gasteiger charge is -2.13. The van der Waals surface area contributed by atoms with Crippen LogP contribution in [0.1, 0.15) is 29.9 Å². The summed E-state index contributed by atoms with van der Waals surface area (Å²) in [7, 11) is 0. The average Bonchev–Trinajstić information content (AvgIpc) is 2.25. The van der Waals surface area contributed by atoms with Crippen LogP contribution in [-0.2, 0) is 0 Å². The van der Waals surface area contributed by atoms with E-state index in [0.717, 1.165) is 17.2 Å². The smallest absolute Gasteiger partial charge is 0.251 e. The lowest BCUT2D eigenvalue weighted by molar-refractivity contribution is 0.0943. The molecule has 1 unspecified atom stereocenters. The van der Waals surface area contributed by atoms with E-state index in [1.165, 1.54) is 0 Å². The van der Waals surface area contributed by atoms with Gasteiger partial charge in [0.1, 0.15) is 5.82 Å². The molecule has 94 valence electrons. The number of aryl methyl sites for hydroxylation is 1. The molecular formula is C12H19N3OS. The van der Waals surface area contributed by atoms with Gasteiger partial charge in [-0.3, -0.25) is 4.79 Å². The van der Waals surface area contributed by atoms with Crippen molar-refractivity contribution in [3.63, 3.8) is 0 Å². The monoisotopic (exact) mass is 253 g/mol. The molecule has 0 aliphatic rings. The lowest BCUT2D eigenvalue weighted by atomic mass is 10.2. The zero-order chi connectivity index (χ0) is 12.8. The Morgan fingerprint density at radius 2 is 2.29 bits per heavy atom. The Hall–Kier alpha value is -1.23. The van der Waals surface area contributed by atoms with Crippen LogP contribution in [0.4, 0.5) is 5.82 Å². The fraction of sp³-hybridized carbons (Fsp3) is 0.500. The van der Waals surface area contributed by atoms with Crippen LogP contribution in [0.15, 0.2) is 12.1 Å². The Morgan fingerprint density at radius 1 is 1.59 bits per heavy atom. The third-order valence-corrected chi connectivity index (χ3v) is 3.33. The standard InChI is InChI=1S/C12H19N3OS/c1-4-17-7-9(3)15-12(16)10-5-8(2)14-11(13)6-10/h5-6,9H,4,7H2,1-3H3,(H2,13,14)(H,15,16). The summed E-state index contributed by atoms with van der Waals surface area (Å²) in [6.07, 6.45) is 0. The molecule has 3 N–H and O–H groups in total. The molecule has 0 bridgehead atoms. The molecule has 0 aliphatic heterocycles. The molecule has 0 aromatic carbocycles. The third kappa shape index (κ3) is 4.65. The van der Waals surface area contributed by atoms with Gasteiger partial charge in [0.05, 0.1) is 0 Å². The minimum atomic E-state index is -0.0913. The number of carbonyl (C=O) groups excluding carboxylic acids is 1. The van der Waals surface area contributed by atoms with E-state index in [2.05, 4.69) is 17.2 Å². The van der Waals surface area contributed by atoms with Crippen LogP contribution in [-0.4, -0.2) is 28.4 Å². The van der Waals surface area contributed by atoms with Crippen molar-refractivity contribution < 1.29 is 4.79 Å². The molecule has 1 aromatic rings. The van der Waals surface area contributed by atoms with Crippen molar-refractivity contribution in [2.75, 3.05) is 17.2 Å². The highest BCUT2D eigenvalue weighted by Gasteiger charge is 2.10. The zero-order valence-corrected chi connectivity index (χ0v) is 11.3. The minimum absolute atomic E-state index is 0.0913. The van der Waals surface area contributed by atoms with Crippen LogP contribution >= 0.6 is 11.8 Å². The highest BCUT2D eigenvalue weighted by Crippen LogP contribution is 2.08. The first kappa shape index (κ1) is 13.8. The van der Waals surface area contributed by atoms with Gasteiger partial charge in [0, 0.05) is 23.1 Å². The second-order valence-electron chi connectivity index (χ2n) is 3.96. The predicted molar refractivity (Wildman–Crippen MR) is 73.3 cm³/mol. The summed E-state index contributed by atoms with van der Waals surface area (Å²) in [5.41, 5.74) is 6.94. The second kappa shape index (κ2) is 6.49. The van der Waals surface area contributed by atoms with Crippen LogP contribution < -0.4 is 11.1 Å². The average molecular weight is 253 g/mol. The molecule has 1 amide bonds. The first-order valence-corrected chi connectivity index (χ1v) is 6.81. The molecule has 1 atom stereocenters. The molecule has 0 aliphatic carbocycles. The summed E-state index contributed by atoms with van der Waals surface area (Å²) in [6.45, 7) is 5.92. The number of nitrogens with two attached hydrogens (primary N) is 1. The fourth-order valence-electron chi connectivity index (χ4n) is 1.47. The van der Waals surface area contributed by atoms with Gasteiger partial charge in [-0.2, -0.15) is 11.8 Å². The van der Waals surface area contributed by atoms with E-state index < -0.39 is 0 Å². The quantitative estimate of drug-likeness (QED) is 0.840. The first-order chi connectivity index (χ1) is 8.02. The maximum Gasteiger partial charge on any atom is 0.251 e. The highest BCUT2D eigenvalue weighted by atomic mass is 32.2. The molecule has 1 aromatic heterocycles. The molecule has 0 saturated carbocycles. The Kier molecular flexibility index (Phi) is 5.28. The number of pyridine rings is 1. The van der Waals surface area contributed by atoms with Crippen molar-refractivity contribution in [2.45, 2.75) is 26.8 Å². The number of nitrogen functional groups attached to an aromatic ring is 1. The number of aromatic nitrogens is 1. The van der Waals surface area contributed by atoms with E-state index in [1.807, 2.05) is 25.6 Å². The van der Waals surface area contributed by atoms with Gasteiger partial charge in [-0.1, -0.05) is 6.92 Å². The Balaban J connectivity index is 2.63. The maximum absolute atomic E-state index is 11.9. The number of hydrogen-bond acceptors (Lipinski definition) is 4. The van der Waals surface area contributed by atoms with Crippen LogP contribution in [0.5, 0.6) is 0 Å². The summed E-state index contributed by atoms with van der Waals surface area (Å²) in [4.78, 5) is 16.0. The van der Waals surface area contributed by atoms with Crippen molar-refractivity contribution in [2.24, 2.45) is 0 Å². The molecule has 0 fully saturated rings. The van der Waals surface area contributed by atoms with Gasteiger partial charge in [0.15, 0.2) is 0 Å². The summed E-state index contributed by atoms with van der Waals surface area (Å²) in [6, 6.07) is 3.50. The summed E-state index contributed by atoms with van der Waals surface area (Å²) < 4.78 is 0. The molecule has 1 rings (SSSR count). The maximum atomic E-state index is 11.9. The summed E-state index contributed by atoms with van der Waals surface area (Å²) in [5.74, 6) is 2.26. The van der Waals surface area contributed by atoms with Gasteiger partial charge in [0.2, 0.25) is 0 Å². The summed E-state index contributed by atoms with van der Waals surface area (Å²) in [5, 5.41) is 2.94. The topological polar surface area (TPSA) is 68.0 Å². The second-order valence-corrected chi connectivity index (χ2v) is 5.27. The number of hydrogen-bond donors (Lipinski definition) is 2. The molecule has 17 heavy (non-hydrogen) atoms. The fourth-order valence-corrected chi connectivity index (χ4v) is 2.14. The van der Waals surface area contributed by atoms with E-state index in [-0.39, 0.29) is 11.9 Å². The summed E-state index contributed by atoms with van der Waals surface area (Å²) >= 11 is 1.81. The van der Waals surface area contributed by atoms with Crippen LogP contribution in [0, 0.1) is 6.92 Å². The van der Waals surface area contributed by atoms with E-state index >= 15 is 0 Å². The molecule has 0 saturated heterocycles. The van der Waals surface area contributed by atoms with Gasteiger partial charge >= 0.3 is 0 Å². The van der Waals surface area contributed by atoms with Gasteiger partial charge in [0.25, 0.3) is 5.91 Å². The predicted octanol–water partition coefficient (Wildman–Crippen LogP) is 1.84. The normalized spacial score (nSPS) is 12.2. The van der Waals surface area contributed by atoms with Gasteiger partial charge in [-0.15, -0.1) is 0 Å². The van der Waals surface area contributed by atoms with Crippen LogP contribution in [0.25, 0.3) is 0 Å². The van der Waals surface area contributed by atoms with E-state index in [4.69, 9.17) is 5.73 Å². The van der Waals surface area contributed by atoms with E-state index in [1.54, 1.807) is 12.1 Å². The van der Waals surface area contributed by atoms with E-state index in [0.29, 0.717) is 11.4 Å². The number of rotatable bonds is 5. The molecule has 1 heterocycles. The number of nitrogens with zero attached hydrogens (tertiary/aromatic N) is 1. The number of nitrogens with one attached hydrogen (secondary N) is 1. The van der Waals surface area contributed by atoms with Crippen molar-refractivity contribution in [1.29, 1.82) is 0 Å². The molecular weight excluding hydrogens is 234 g/mol. The van der Waals surface area contributed by atoms with Crippen LogP contribution in [0.2, 0.25) is 0 Å². The van der Waals surface area contributed by atoms with Crippen molar-refractivity contribution in [1.82, 2.24) is 10.3 Å². The van der Waals surface area contributed by atoms with Crippen molar-refractivity contribution in [3.05, 3.63) is 23.4 Å². The molecule has 0 spiro atoms. The number of thioether (sulfide) groups is 1. The van der Waals surface area contributed by atoms with Gasteiger partial charge < -0.3 is 11.1 Å². The van der Waals surface area contributed by atoms with Crippen molar-refractivity contribution >= 4 is 23.5 Å². The van der Waals surface area contributed by atoms with Crippen LogP contribution in [0.3, 0.4) is 0 Å². The van der Waals surface area contributed by atoms with Gasteiger partial charge in [-0.05, 0) is 31.7 Å². The lowest BCUT2D eigenvalue weighted by Crippen LogP contribution is -2.34. The Labute approximate surface area is 106 Å².